The summed E-state index contributed by atoms with van der Waals surface area (Å²) < 4.78 is 0. The molecule has 0 radical (unpaired) electrons. The fourth-order valence-corrected chi connectivity index (χ4v) is 4.09. The van der Waals surface area contributed by atoms with E-state index in [1.165, 1.54) is 18.4 Å². The Balaban J connectivity index is 1.88. The van der Waals surface area contributed by atoms with E-state index in [4.69, 9.17) is 14.9 Å². The van der Waals surface area contributed by atoms with E-state index in [-0.39, 0.29) is 11.7 Å². The van der Waals surface area contributed by atoms with Gasteiger partial charge < -0.3 is 5.11 Å². The molecule has 1 N–H and O–H groups in total. The summed E-state index contributed by atoms with van der Waals surface area (Å²) in [6, 6.07) is 0. The smallest absolute Gasteiger partial charge is 0.308 e. The minimum absolute atomic E-state index is 0.307. The Kier molecular flexibility index (Phi) is 5.57. The van der Waals surface area contributed by atoms with E-state index in [0.29, 0.717) is 11.3 Å². The second-order valence-electron chi connectivity index (χ2n) is 8.43. The lowest BCUT2D eigenvalue weighted by Gasteiger charge is -2.43. The molecular weight excluding hydrogens is 292 g/mol. The molecule has 0 aromatic carbocycles. The zero-order valence-electron chi connectivity index (χ0n) is 15.1. The van der Waals surface area contributed by atoms with E-state index in [1.54, 1.807) is 6.92 Å². The first-order valence-corrected chi connectivity index (χ1v) is 8.90. The van der Waals surface area contributed by atoms with Gasteiger partial charge in [-0.25, -0.2) is 9.78 Å². The van der Waals surface area contributed by atoms with Gasteiger partial charge in [-0.2, -0.15) is 0 Å². The molecule has 4 atom stereocenters. The van der Waals surface area contributed by atoms with Crippen molar-refractivity contribution in [2.75, 3.05) is 0 Å². The van der Waals surface area contributed by atoms with Crippen LogP contribution in [0.4, 0.5) is 0 Å². The van der Waals surface area contributed by atoms with Gasteiger partial charge in [-0.1, -0.05) is 26.0 Å². The third-order valence-electron chi connectivity index (χ3n) is 5.99. The zero-order valence-corrected chi connectivity index (χ0v) is 15.1. The molecule has 2 aliphatic rings. The van der Waals surface area contributed by atoms with Crippen LogP contribution >= 0.6 is 0 Å². The molecule has 2 fully saturated rings. The van der Waals surface area contributed by atoms with E-state index >= 15 is 0 Å². The molecule has 1 aliphatic heterocycles. The van der Waals surface area contributed by atoms with Gasteiger partial charge in [-0.15, -0.1) is 0 Å². The molecule has 23 heavy (non-hydrogen) atoms. The van der Waals surface area contributed by atoms with Crippen molar-refractivity contribution in [2.45, 2.75) is 84.3 Å². The summed E-state index contributed by atoms with van der Waals surface area (Å²) >= 11 is 0. The fraction of sp³-hybridized carbons (Fsp3) is 0.842. The molecule has 132 valence electrons. The number of hydrogen-bond donors (Lipinski definition) is 1. The molecule has 0 aromatic rings. The van der Waals surface area contributed by atoms with Crippen molar-refractivity contribution in [3.8, 4) is 0 Å². The van der Waals surface area contributed by atoms with Crippen LogP contribution < -0.4 is 0 Å². The molecule has 4 heteroatoms. The van der Waals surface area contributed by atoms with Gasteiger partial charge >= 0.3 is 5.97 Å². The van der Waals surface area contributed by atoms with Crippen molar-refractivity contribution in [3.63, 3.8) is 0 Å². The predicted octanol–water partition coefficient (Wildman–Crippen LogP) is 4.74. The van der Waals surface area contributed by atoms with Gasteiger partial charge in [0.15, 0.2) is 0 Å². The summed E-state index contributed by atoms with van der Waals surface area (Å²) in [5, 5.41) is 9.08. The highest BCUT2D eigenvalue weighted by atomic mass is 17.2. The second kappa shape index (κ2) is 6.94. The van der Waals surface area contributed by atoms with Gasteiger partial charge in [0, 0.05) is 0 Å². The minimum Gasteiger partial charge on any atom is -0.481 e. The number of carbonyl (C=O) groups is 1. The van der Waals surface area contributed by atoms with Crippen molar-refractivity contribution in [3.05, 3.63) is 12.2 Å². The maximum absolute atomic E-state index is 11.1. The fourth-order valence-electron chi connectivity index (χ4n) is 4.09. The van der Waals surface area contributed by atoms with Crippen LogP contribution in [0.1, 0.15) is 72.6 Å². The molecular formula is C19H32O4. The van der Waals surface area contributed by atoms with Crippen molar-refractivity contribution in [2.24, 2.45) is 17.3 Å². The SMILES string of the molecule is C=C1CCCC(C)(C)C1CC[C@]1(C)CC[C@H](C(C)C(=O)O)OO1. The molecule has 2 unspecified atom stereocenters. The van der Waals surface area contributed by atoms with E-state index < -0.39 is 11.9 Å². The minimum atomic E-state index is -0.831. The summed E-state index contributed by atoms with van der Waals surface area (Å²) in [4.78, 5) is 22.1. The Bertz CT molecular complexity index is 446. The summed E-state index contributed by atoms with van der Waals surface area (Å²) in [7, 11) is 0. The van der Waals surface area contributed by atoms with Crippen molar-refractivity contribution in [1.29, 1.82) is 0 Å². The van der Waals surface area contributed by atoms with Crippen LogP contribution in [-0.4, -0.2) is 22.8 Å². The average Bonchev–Trinajstić information content (AvgIpc) is 2.46. The number of carboxylic acid groups (broad SMARTS) is 1. The topological polar surface area (TPSA) is 55.8 Å². The number of allylic oxidation sites excluding steroid dienone is 1. The third kappa shape index (κ3) is 4.36. The molecule has 1 heterocycles. The van der Waals surface area contributed by atoms with Crippen LogP contribution in [0, 0.1) is 17.3 Å². The molecule has 4 nitrogen and oxygen atoms in total. The van der Waals surface area contributed by atoms with Crippen LogP contribution in [0.25, 0.3) is 0 Å². The Morgan fingerprint density at radius 3 is 2.61 bits per heavy atom. The molecule has 0 aromatic heterocycles. The maximum Gasteiger partial charge on any atom is 0.308 e. The number of aliphatic carboxylic acids is 1. The Labute approximate surface area is 140 Å². The highest BCUT2D eigenvalue weighted by Crippen LogP contribution is 2.47. The Hall–Kier alpha value is -0.870. The normalized spacial score (nSPS) is 35.7. The first-order valence-electron chi connectivity index (χ1n) is 8.90. The van der Waals surface area contributed by atoms with Gasteiger partial charge in [-0.05, 0) is 70.1 Å². The maximum atomic E-state index is 11.1. The molecule has 1 saturated heterocycles. The van der Waals surface area contributed by atoms with Crippen molar-refractivity contribution in [1.82, 2.24) is 0 Å². The van der Waals surface area contributed by atoms with Crippen LogP contribution in [-0.2, 0) is 14.6 Å². The third-order valence-corrected chi connectivity index (χ3v) is 5.99. The van der Waals surface area contributed by atoms with Gasteiger partial charge in [-0.3, -0.25) is 4.79 Å². The lowest BCUT2D eigenvalue weighted by atomic mass is 9.64. The first-order chi connectivity index (χ1) is 10.6. The summed E-state index contributed by atoms with van der Waals surface area (Å²) in [6.07, 6.45) is 6.85. The average molecular weight is 324 g/mol. The van der Waals surface area contributed by atoms with E-state index in [0.717, 1.165) is 32.1 Å². The standard InChI is InChI=1S/C19H32O4/c1-13-7-6-10-18(3,4)15(13)8-11-19(5)12-9-16(22-23-19)14(2)17(20)21/h14-16H,1,6-12H2,2-5H3,(H,20,21)/t14?,15?,16-,19-/m1/s1. The van der Waals surface area contributed by atoms with Crippen LogP contribution in [0.2, 0.25) is 0 Å². The van der Waals surface area contributed by atoms with E-state index in [2.05, 4.69) is 27.4 Å². The van der Waals surface area contributed by atoms with Crippen molar-refractivity contribution >= 4 is 5.97 Å². The monoisotopic (exact) mass is 324 g/mol. The second-order valence-corrected chi connectivity index (χ2v) is 8.43. The summed E-state index contributed by atoms with van der Waals surface area (Å²) in [6.45, 7) is 12.7. The van der Waals surface area contributed by atoms with Crippen LogP contribution in [0.5, 0.6) is 0 Å². The Morgan fingerprint density at radius 2 is 2.09 bits per heavy atom. The van der Waals surface area contributed by atoms with E-state index in [1.807, 2.05) is 0 Å². The van der Waals surface area contributed by atoms with Gasteiger partial charge in [0.1, 0.15) is 11.7 Å². The first kappa shape index (κ1) is 18.5. The zero-order chi connectivity index (χ0) is 17.3. The molecule has 0 bridgehead atoms. The molecule has 0 amide bonds. The number of carboxylic acids is 1. The summed E-state index contributed by atoms with van der Waals surface area (Å²) in [5.74, 6) is -0.827. The molecule has 1 aliphatic carbocycles. The highest BCUT2D eigenvalue weighted by molar-refractivity contribution is 5.70. The van der Waals surface area contributed by atoms with Crippen molar-refractivity contribution < 1.29 is 19.7 Å². The number of rotatable bonds is 5. The molecule has 2 rings (SSSR count). The van der Waals surface area contributed by atoms with Crippen LogP contribution in [0.3, 0.4) is 0 Å². The van der Waals surface area contributed by atoms with E-state index in [9.17, 15) is 4.79 Å². The Morgan fingerprint density at radius 1 is 1.39 bits per heavy atom. The molecule has 0 spiro atoms. The quantitative estimate of drug-likeness (QED) is 0.586. The lowest BCUT2D eigenvalue weighted by Crippen LogP contribution is -2.42. The molecule has 1 saturated carbocycles. The van der Waals surface area contributed by atoms with Gasteiger partial charge in [0.05, 0.1) is 5.92 Å². The van der Waals surface area contributed by atoms with Gasteiger partial charge in [0.25, 0.3) is 0 Å². The lowest BCUT2D eigenvalue weighted by molar-refractivity contribution is -0.411. The van der Waals surface area contributed by atoms with Crippen LogP contribution in [0.15, 0.2) is 12.2 Å². The predicted molar refractivity (Wildman–Crippen MR) is 89.9 cm³/mol. The highest BCUT2D eigenvalue weighted by Gasteiger charge is 2.40. The number of hydrogen-bond acceptors (Lipinski definition) is 3. The van der Waals surface area contributed by atoms with Gasteiger partial charge in [0.2, 0.25) is 0 Å². The largest absolute Gasteiger partial charge is 0.481 e. The summed E-state index contributed by atoms with van der Waals surface area (Å²) in [5.41, 5.74) is 1.36.